The molecule has 2 aliphatic rings. The molecule has 0 spiro atoms. The van der Waals surface area contributed by atoms with Crippen molar-refractivity contribution in [3.63, 3.8) is 0 Å². The van der Waals surface area contributed by atoms with Crippen molar-refractivity contribution in [1.29, 1.82) is 0 Å². The Morgan fingerprint density at radius 2 is 1.96 bits per heavy atom. The van der Waals surface area contributed by atoms with Crippen LogP contribution in [0.25, 0.3) is 0 Å². The first-order chi connectivity index (χ1) is 11.1. The van der Waals surface area contributed by atoms with E-state index in [-0.39, 0.29) is 17.8 Å². The van der Waals surface area contributed by atoms with E-state index in [0.29, 0.717) is 19.6 Å². The second-order valence-electron chi connectivity index (χ2n) is 5.99. The summed E-state index contributed by atoms with van der Waals surface area (Å²) in [5, 5.41) is 5.25. The fourth-order valence-electron chi connectivity index (χ4n) is 3.02. The molecule has 0 saturated carbocycles. The van der Waals surface area contributed by atoms with E-state index in [0.717, 1.165) is 31.6 Å². The zero-order valence-corrected chi connectivity index (χ0v) is 12.9. The molecule has 0 radical (unpaired) electrons. The van der Waals surface area contributed by atoms with Gasteiger partial charge in [0.2, 0.25) is 5.91 Å². The third-order valence-corrected chi connectivity index (χ3v) is 4.29. The van der Waals surface area contributed by atoms with E-state index in [4.69, 9.17) is 0 Å². The van der Waals surface area contributed by atoms with Gasteiger partial charge in [0.1, 0.15) is 11.9 Å². The summed E-state index contributed by atoms with van der Waals surface area (Å²) in [7, 11) is 0. The highest BCUT2D eigenvalue weighted by Gasteiger charge is 2.31. The van der Waals surface area contributed by atoms with Crippen LogP contribution in [-0.2, 0) is 11.3 Å². The minimum Gasteiger partial charge on any atom is -0.340 e. The Hall–Kier alpha value is -2.15. The van der Waals surface area contributed by atoms with Crippen LogP contribution in [0.5, 0.6) is 0 Å². The molecule has 2 saturated heterocycles. The Kier molecular flexibility index (Phi) is 4.76. The minimum absolute atomic E-state index is 0.0213. The number of carbonyl (C=O) groups excluding carboxylic acids is 2. The third-order valence-electron chi connectivity index (χ3n) is 4.29. The molecule has 7 heteroatoms. The summed E-state index contributed by atoms with van der Waals surface area (Å²) in [5.74, 6) is -0.249. The Morgan fingerprint density at radius 1 is 1.17 bits per heavy atom. The van der Waals surface area contributed by atoms with Gasteiger partial charge in [-0.3, -0.25) is 9.69 Å². The first-order valence-corrected chi connectivity index (χ1v) is 7.92. The molecular weight excluding hydrogens is 299 g/mol. The molecule has 2 aliphatic heterocycles. The second kappa shape index (κ2) is 6.95. The molecular formula is C16H21FN4O2. The maximum absolute atomic E-state index is 13.0. The van der Waals surface area contributed by atoms with E-state index in [1.165, 1.54) is 12.1 Å². The molecule has 23 heavy (non-hydrogen) atoms. The molecule has 6 nitrogen and oxygen atoms in total. The van der Waals surface area contributed by atoms with Gasteiger partial charge in [0, 0.05) is 39.3 Å². The molecule has 2 N–H and O–H groups in total. The minimum atomic E-state index is -0.453. The van der Waals surface area contributed by atoms with Crippen LogP contribution in [-0.4, -0.2) is 60.5 Å². The average Bonchev–Trinajstić information content (AvgIpc) is 2.84. The summed E-state index contributed by atoms with van der Waals surface area (Å²) in [4.78, 5) is 27.7. The first kappa shape index (κ1) is 15.7. The molecule has 1 atom stereocenters. The van der Waals surface area contributed by atoms with Crippen molar-refractivity contribution in [2.45, 2.75) is 19.0 Å². The van der Waals surface area contributed by atoms with Gasteiger partial charge in [-0.25, -0.2) is 9.18 Å². The van der Waals surface area contributed by atoms with E-state index in [1.807, 2.05) is 4.90 Å². The number of hydrogen-bond donors (Lipinski definition) is 2. The van der Waals surface area contributed by atoms with Crippen molar-refractivity contribution in [2.24, 2.45) is 0 Å². The summed E-state index contributed by atoms with van der Waals surface area (Å²) in [5.41, 5.74) is 1.07. The van der Waals surface area contributed by atoms with Gasteiger partial charge in [-0.05, 0) is 24.1 Å². The summed E-state index contributed by atoms with van der Waals surface area (Å²) >= 11 is 0. The van der Waals surface area contributed by atoms with Gasteiger partial charge in [0.05, 0.1) is 0 Å². The Bertz CT molecular complexity index is 578. The first-order valence-electron chi connectivity index (χ1n) is 7.92. The number of benzene rings is 1. The van der Waals surface area contributed by atoms with Crippen LogP contribution in [0.2, 0.25) is 0 Å². The largest absolute Gasteiger partial charge is 0.340 e. The van der Waals surface area contributed by atoms with Crippen molar-refractivity contribution in [2.75, 3.05) is 32.7 Å². The zero-order valence-electron chi connectivity index (χ0n) is 12.9. The molecule has 0 aromatic heterocycles. The predicted molar refractivity (Wildman–Crippen MR) is 83.2 cm³/mol. The van der Waals surface area contributed by atoms with Crippen LogP contribution in [0, 0.1) is 5.82 Å². The van der Waals surface area contributed by atoms with Gasteiger partial charge >= 0.3 is 6.03 Å². The Morgan fingerprint density at radius 3 is 2.65 bits per heavy atom. The van der Waals surface area contributed by atoms with Gasteiger partial charge in [0.15, 0.2) is 0 Å². The molecule has 1 aromatic rings. The number of urea groups is 1. The van der Waals surface area contributed by atoms with Gasteiger partial charge in [-0.1, -0.05) is 12.1 Å². The number of hydrogen-bond acceptors (Lipinski definition) is 3. The summed E-state index contributed by atoms with van der Waals surface area (Å²) in [6.07, 6.45) is 0.890. The van der Waals surface area contributed by atoms with Crippen molar-refractivity contribution in [3.05, 3.63) is 35.6 Å². The zero-order chi connectivity index (χ0) is 16.2. The van der Waals surface area contributed by atoms with Crippen LogP contribution in [0.1, 0.15) is 12.0 Å². The number of amides is 3. The third kappa shape index (κ3) is 3.98. The quantitative estimate of drug-likeness (QED) is 0.854. The lowest BCUT2D eigenvalue weighted by molar-refractivity contribution is -0.132. The maximum atomic E-state index is 13.0. The average molecular weight is 320 g/mol. The van der Waals surface area contributed by atoms with Crippen molar-refractivity contribution < 1.29 is 14.0 Å². The monoisotopic (exact) mass is 320 g/mol. The number of carbonyl (C=O) groups is 2. The van der Waals surface area contributed by atoms with Crippen LogP contribution in [0.4, 0.5) is 9.18 Å². The molecule has 3 amide bonds. The fourth-order valence-corrected chi connectivity index (χ4v) is 3.02. The molecule has 3 rings (SSSR count). The van der Waals surface area contributed by atoms with E-state index in [2.05, 4.69) is 15.5 Å². The van der Waals surface area contributed by atoms with Crippen molar-refractivity contribution >= 4 is 11.9 Å². The molecule has 0 bridgehead atoms. The summed E-state index contributed by atoms with van der Waals surface area (Å²) < 4.78 is 13.0. The fraction of sp³-hybridized carbons (Fsp3) is 0.500. The number of halogens is 1. The highest BCUT2D eigenvalue weighted by molar-refractivity contribution is 5.90. The lowest BCUT2D eigenvalue weighted by Crippen LogP contribution is -2.46. The summed E-state index contributed by atoms with van der Waals surface area (Å²) in [6.45, 7) is 4.13. The van der Waals surface area contributed by atoms with Crippen LogP contribution in [0.3, 0.4) is 0 Å². The number of rotatable bonds is 3. The van der Waals surface area contributed by atoms with E-state index in [9.17, 15) is 14.0 Å². The van der Waals surface area contributed by atoms with E-state index < -0.39 is 6.04 Å². The van der Waals surface area contributed by atoms with Gasteiger partial charge in [-0.2, -0.15) is 0 Å². The van der Waals surface area contributed by atoms with Crippen LogP contribution in [0.15, 0.2) is 24.3 Å². The van der Waals surface area contributed by atoms with Crippen molar-refractivity contribution in [3.8, 4) is 0 Å². The van der Waals surface area contributed by atoms with Gasteiger partial charge < -0.3 is 15.5 Å². The predicted octanol–water partition coefficient (Wildman–Crippen LogP) is 0.541. The van der Waals surface area contributed by atoms with Crippen LogP contribution >= 0.6 is 0 Å². The molecule has 124 valence electrons. The Labute approximate surface area is 134 Å². The van der Waals surface area contributed by atoms with E-state index >= 15 is 0 Å². The number of nitrogens with zero attached hydrogens (tertiary/aromatic N) is 2. The van der Waals surface area contributed by atoms with Gasteiger partial charge in [0.25, 0.3) is 0 Å². The highest BCUT2D eigenvalue weighted by atomic mass is 19.1. The molecule has 2 heterocycles. The summed E-state index contributed by atoms with van der Waals surface area (Å²) in [6, 6.07) is 5.80. The van der Waals surface area contributed by atoms with Gasteiger partial charge in [-0.15, -0.1) is 0 Å². The van der Waals surface area contributed by atoms with E-state index in [1.54, 1.807) is 12.1 Å². The molecule has 0 unspecified atom stereocenters. The molecule has 0 aliphatic carbocycles. The maximum Gasteiger partial charge on any atom is 0.315 e. The standard InChI is InChI=1S/C16H21FN4O2/c17-13-4-2-12(3-5-13)11-20-6-1-7-21(9-8-20)15(22)14-10-18-16(23)19-14/h2-5,14H,1,6-11H2,(H2,18,19,23)/t14-/m0/s1. The Balaban J connectivity index is 1.53. The smallest absolute Gasteiger partial charge is 0.315 e. The van der Waals surface area contributed by atoms with Crippen LogP contribution < -0.4 is 10.6 Å². The van der Waals surface area contributed by atoms with Crippen molar-refractivity contribution in [1.82, 2.24) is 20.4 Å². The second-order valence-corrected chi connectivity index (χ2v) is 5.99. The SMILES string of the molecule is O=C1NC[C@@H](C(=O)N2CCCN(Cc3ccc(F)cc3)CC2)N1. The topological polar surface area (TPSA) is 64.7 Å². The molecule has 2 fully saturated rings. The normalized spacial score (nSPS) is 22.4. The lowest BCUT2D eigenvalue weighted by Gasteiger charge is -2.24. The lowest BCUT2D eigenvalue weighted by atomic mass is 10.2. The highest BCUT2D eigenvalue weighted by Crippen LogP contribution is 2.11. The molecule has 1 aromatic carbocycles. The number of nitrogens with one attached hydrogen (secondary N) is 2.